The largest absolute Gasteiger partial charge is 0.360 e. The predicted molar refractivity (Wildman–Crippen MR) is 57.9 cm³/mol. The molecule has 7 heteroatoms. The monoisotopic (exact) mass is 235 g/mol. The Morgan fingerprint density at radius 3 is 2.79 bits per heavy atom. The number of sulfonamides is 1. The van der Waals surface area contributed by atoms with Crippen molar-refractivity contribution in [1.29, 1.82) is 0 Å². The zero-order chi connectivity index (χ0) is 10.8. The van der Waals surface area contributed by atoms with Crippen LogP contribution in [0.25, 0.3) is 0 Å². The van der Waals surface area contributed by atoms with E-state index in [0.717, 1.165) is 10.8 Å². The molecular formula is C7H13N3O2S2. The van der Waals surface area contributed by atoms with Crippen LogP contribution in [0.15, 0.2) is 5.38 Å². The fraction of sp³-hybridized carbons (Fsp3) is 0.571. The molecule has 0 saturated heterocycles. The molecule has 0 bridgehead atoms. The Morgan fingerprint density at radius 2 is 2.36 bits per heavy atom. The highest BCUT2D eigenvalue weighted by atomic mass is 32.2. The van der Waals surface area contributed by atoms with Gasteiger partial charge in [-0.25, -0.2) is 18.5 Å². The van der Waals surface area contributed by atoms with Gasteiger partial charge in [0.15, 0.2) is 5.13 Å². The van der Waals surface area contributed by atoms with Crippen LogP contribution in [-0.4, -0.2) is 25.2 Å². The summed E-state index contributed by atoms with van der Waals surface area (Å²) in [5.41, 5.74) is 0.917. The van der Waals surface area contributed by atoms with Crippen molar-refractivity contribution < 1.29 is 8.42 Å². The number of hydrogen-bond donors (Lipinski definition) is 2. The van der Waals surface area contributed by atoms with Gasteiger partial charge in [0.1, 0.15) is 0 Å². The van der Waals surface area contributed by atoms with Gasteiger partial charge in [0.05, 0.1) is 10.9 Å². The number of rotatable bonds is 4. The minimum atomic E-state index is -3.45. The molecule has 1 aromatic rings. The van der Waals surface area contributed by atoms with Crippen molar-refractivity contribution in [3.8, 4) is 0 Å². The Hall–Kier alpha value is -0.660. The van der Waals surface area contributed by atoms with Gasteiger partial charge in [-0.2, -0.15) is 0 Å². The Labute approximate surface area is 87.4 Å². The van der Waals surface area contributed by atoms with Crippen LogP contribution in [0.3, 0.4) is 0 Å². The highest BCUT2D eigenvalue weighted by molar-refractivity contribution is 7.89. The van der Waals surface area contributed by atoms with Gasteiger partial charge in [-0.1, -0.05) is 0 Å². The van der Waals surface area contributed by atoms with Crippen molar-refractivity contribution in [2.45, 2.75) is 19.1 Å². The van der Waals surface area contributed by atoms with Gasteiger partial charge < -0.3 is 5.32 Å². The summed E-state index contributed by atoms with van der Waals surface area (Å²) in [6.45, 7) is 3.72. The molecule has 80 valence electrons. The van der Waals surface area contributed by atoms with Crippen LogP contribution in [0.4, 0.5) is 5.13 Å². The Balaban J connectivity index is 2.50. The highest BCUT2D eigenvalue weighted by Crippen LogP contribution is 2.14. The van der Waals surface area contributed by atoms with E-state index in [1.807, 2.05) is 12.3 Å². The van der Waals surface area contributed by atoms with Crippen molar-refractivity contribution >= 4 is 26.5 Å². The van der Waals surface area contributed by atoms with E-state index in [9.17, 15) is 8.42 Å². The molecule has 1 rings (SSSR count). The van der Waals surface area contributed by atoms with E-state index in [-0.39, 0.29) is 6.54 Å². The summed E-state index contributed by atoms with van der Waals surface area (Å²) in [6, 6.07) is 0. The molecule has 0 aliphatic heterocycles. The first-order valence-corrected chi connectivity index (χ1v) is 6.56. The van der Waals surface area contributed by atoms with Crippen LogP contribution < -0.4 is 10.5 Å². The van der Waals surface area contributed by atoms with Crippen molar-refractivity contribution in [3.63, 3.8) is 0 Å². The number of nitrogens with one attached hydrogen (secondary N) is 1. The lowest BCUT2D eigenvalue weighted by Crippen LogP contribution is -2.31. The first-order chi connectivity index (χ1) is 6.39. The number of thiazole rings is 1. The van der Waals surface area contributed by atoms with Gasteiger partial charge >= 0.3 is 0 Å². The molecule has 0 aromatic carbocycles. The van der Waals surface area contributed by atoms with E-state index >= 15 is 0 Å². The second kappa shape index (κ2) is 4.24. The topological polar surface area (TPSA) is 85.1 Å². The second-order valence-corrected chi connectivity index (χ2v) is 5.92. The molecule has 0 spiro atoms. The molecule has 1 unspecified atom stereocenters. The molecule has 0 radical (unpaired) electrons. The molecule has 14 heavy (non-hydrogen) atoms. The van der Waals surface area contributed by atoms with E-state index in [0.29, 0.717) is 0 Å². The van der Waals surface area contributed by atoms with Gasteiger partial charge in [-0.3, -0.25) is 0 Å². The average Bonchev–Trinajstić information content (AvgIpc) is 2.45. The molecule has 1 aromatic heterocycles. The van der Waals surface area contributed by atoms with Gasteiger partial charge in [-0.05, 0) is 13.8 Å². The number of primary sulfonamides is 1. The number of anilines is 1. The average molecular weight is 235 g/mol. The smallest absolute Gasteiger partial charge is 0.213 e. The predicted octanol–water partition coefficient (Wildman–Crippen LogP) is 0.540. The molecule has 0 aliphatic rings. The Bertz CT molecular complexity index is 399. The zero-order valence-corrected chi connectivity index (χ0v) is 9.65. The van der Waals surface area contributed by atoms with E-state index in [1.165, 1.54) is 11.3 Å². The van der Waals surface area contributed by atoms with Crippen molar-refractivity contribution in [3.05, 3.63) is 11.1 Å². The lowest BCUT2D eigenvalue weighted by atomic mass is 10.5. The van der Waals surface area contributed by atoms with Crippen LogP contribution in [0, 0.1) is 6.92 Å². The molecule has 0 aliphatic carbocycles. The van der Waals surface area contributed by atoms with Crippen LogP contribution in [0.1, 0.15) is 12.6 Å². The third-order valence-electron chi connectivity index (χ3n) is 1.72. The van der Waals surface area contributed by atoms with Gasteiger partial charge in [0.25, 0.3) is 0 Å². The first kappa shape index (κ1) is 11.4. The summed E-state index contributed by atoms with van der Waals surface area (Å²) in [5, 5.41) is 9.89. The quantitative estimate of drug-likeness (QED) is 0.797. The van der Waals surface area contributed by atoms with Crippen LogP contribution in [0.5, 0.6) is 0 Å². The van der Waals surface area contributed by atoms with E-state index in [4.69, 9.17) is 5.14 Å². The minimum Gasteiger partial charge on any atom is -0.360 e. The number of aryl methyl sites for hydroxylation is 1. The molecule has 1 atom stereocenters. The minimum absolute atomic E-state index is 0.284. The normalized spacial score (nSPS) is 13.9. The van der Waals surface area contributed by atoms with Crippen LogP contribution in [-0.2, 0) is 10.0 Å². The Morgan fingerprint density at radius 1 is 1.71 bits per heavy atom. The lowest BCUT2D eigenvalue weighted by molar-refractivity contribution is 0.587. The Kier molecular flexibility index (Phi) is 3.46. The molecular weight excluding hydrogens is 222 g/mol. The van der Waals surface area contributed by atoms with Crippen molar-refractivity contribution in [1.82, 2.24) is 4.98 Å². The number of aromatic nitrogens is 1. The fourth-order valence-electron chi connectivity index (χ4n) is 0.782. The van der Waals surface area contributed by atoms with Gasteiger partial charge in [-0.15, -0.1) is 11.3 Å². The SMILES string of the molecule is Cc1csc(NCC(C)S(N)(=O)=O)n1. The molecule has 1 heterocycles. The number of hydrogen-bond acceptors (Lipinski definition) is 5. The highest BCUT2D eigenvalue weighted by Gasteiger charge is 2.15. The first-order valence-electron chi connectivity index (χ1n) is 4.07. The van der Waals surface area contributed by atoms with Crippen molar-refractivity contribution in [2.75, 3.05) is 11.9 Å². The zero-order valence-electron chi connectivity index (χ0n) is 8.02. The fourth-order valence-corrected chi connectivity index (χ4v) is 1.80. The summed E-state index contributed by atoms with van der Waals surface area (Å²) >= 11 is 1.44. The summed E-state index contributed by atoms with van der Waals surface area (Å²) in [5.74, 6) is 0. The number of nitrogens with two attached hydrogens (primary N) is 1. The maximum atomic E-state index is 10.9. The van der Waals surface area contributed by atoms with E-state index in [1.54, 1.807) is 6.92 Å². The van der Waals surface area contributed by atoms with Crippen LogP contribution >= 0.6 is 11.3 Å². The molecule has 0 amide bonds. The summed E-state index contributed by atoms with van der Waals surface area (Å²) in [6.07, 6.45) is 0. The second-order valence-electron chi connectivity index (χ2n) is 3.07. The third-order valence-corrected chi connectivity index (χ3v) is 3.93. The van der Waals surface area contributed by atoms with Crippen molar-refractivity contribution in [2.24, 2.45) is 5.14 Å². The standard InChI is InChI=1S/C7H13N3O2S2/c1-5-4-13-7(10-5)9-3-6(2)14(8,11)12/h4,6H,3H2,1-2H3,(H,9,10)(H2,8,11,12). The maximum absolute atomic E-state index is 10.9. The summed E-state index contributed by atoms with van der Waals surface area (Å²) in [7, 11) is -3.45. The van der Waals surface area contributed by atoms with Crippen LogP contribution in [0.2, 0.25) is 0 Å². The molecule has 5 nitrogen and oxygen atoms in total. The number of nitrogens with zero attached hydrogens (tertiary/aromatic N) is 1. The van der Waals surface area contributed by atoms with Gasteiger partial charge in [0, 0.05) is 11.9 Å². The third kappa shape index (κ3) is 3.24. The van der Waals surface area contributed by atoms with E-state index in [2.05, 4.69) is 10.3 Å². The van der Waals surface area contributed by atoms with E-state index < -0.39 is 15.3 Å². The molecule has 0 fully saturated rings. The lowest BCUT2D eigenvalue weighted by Gasteiger charge is -2.08. The molecule has 0 saturated carbocycles. The maximum Gasteiger partial charge on any atom is 0.213 e. The van der Waals surface area contributed by atoms with Gasteiger partial charge in [0.2, 0.25) is 10.0 Å². The summed E-state index contributed by atoms with van der Waals surface area (Å²) < 4.78 is 21.8. The molecule has 3 N–H and O–H groups in total. The summed E-state index contributed by atoms with van der Waals surface area (Å²) in [4.78, 5) is 4.14.